The van der Waals surface area contributed by atoms with E-state index in [1.54, 1.807) is 12.1 Å². The van der Waals surface area contributed by atoms with E-state index in [4.69, 9.17) is 0 Å². The predicted octanol–water partition coefficient (Wildman–Crippen LogP) is 4.33. The van der Waals surface area contributed by atoms with Crippen molar-refractivity contribution in [3.8, 4) is 0 Å². The number of rotatable bonds is 2. The minimum Gasteiger partial charge on any atom is -0.350 e. The van der Waals surface area contributed by atoms with Gasteiger partial charge in [0.05, 0.1) is 11.3 Å². The third-order valence-electron chi connectivity index (χ3n) is 3.35. The zero-order valence-corrected chi connectivity index (χ0v) is 12.8. The van der Waals surface area contributed by atoms with Gasteiger partial charge < -0.3 is 9.88 Å². The number of anilines is 1. The van der Waals surface area contributed by atoms with Gasteiger partial charge in [0.15, 0.2) is 0 Å². The number of amides is 1. The summed E-state index contributed by atoms with van der Waals surface area (Å²) < 4.78 is 16.4. The largest absolute Gasteiger partial charge is 0.350 e. The molecule has 0 aliphatic carbocycles. The molecule has 106 valence electrons. The molecule has 1 amide bonds. The van der Waals surface area contributed by atoms with Crippen LogP contribution in [0.2, 0.25) is 0 Å². The lowest BCUT2D eigenvalue weighted by atomic mass is 10.1. The first-order chi connectivity index (χ1) is 10.1. The van der Waals surface area contributed by atoms with Gasteiger partial charge in [0.25, 0.3) is 5.91 Å². The van der Waals surface area contributed by atoms with Crippen molar-refractivity contribution in [2.75, 3.05) is 5.32 Å². The lowest BCUT2D eigenvalue weighted by Gasteiger charge is -2.08. The first kappa shape index (κ1) is 13.8. The molecule has 0 bridgehead atoms. The van der Waals surface area contributed by atoms with Gasteiger partial charge in [0.2, 0.25) is 0 Å². The summed E-state index contributed by atoms with van der Waals surface area (Å²) in [7, 11) is 1.93. The number of hydrogen-bond acceptors (Lipinski definition) is 1. The number of hydrogen-bond donors (Lipinski definition) is 1. The summed E-state index contributed by atoms with van der Waals surface area (Å²) in [5, 5.41) is 3.69. The van der Waals surface area contributed by atoms with Crippen LogP contribution in [-0.4, -0.2) is 10.5 Å². The fourth-order valence-electron chi connectivity index (χ4n) is 2.27. The molecule has 0 saturated heterocycles. The standard InChI is InChI=1S/C16H12BrFN2O/c1-20-8-7-11-14(3-2-4-15(11)20)19-16(21)12-9-10(17)5-6-13(12)18/h2-9H,1H3,(H,19,21). The summed E-state index contributed by atoms with van der Waals surface area (Å²) in [6, 6.07) is 11.8. The van der Waals surface area contributed by atoms with Crippen molar-refractivity contribution >= 4 is 38.4 Å². The lowest BCUT2D eigenvalue weighted by molar-refractivity contribution is 0.102. The van der Waals surface area contributed by atoms with E-state index in [0.717, 1.165) is 10.9 Å². The molecule has 5 heteroatoms. The Morgan fingerprint density at radius 3 is 2.86 bits per heavy atom. The number of aryl methyl sites for hydroxylation is 1. The number of nitrogens with one attached hydrogen (secondary N) is 1. The Bertz CT molecular complexity index is 841. The number of aromatic nitrogens is 1. The molecule has 0 fully saturated rings. The molecule has 0 aliphatic rings. The van der Waals surface area contributed by atoms with Gasteiger partial charge in [0, 0.05) is 28.6 Å². The maximum absolute atomic E-state index is 13.8. The second kappa shape index (κ2) is 5.33. The van der Waals surface area contributed by atoms with Crippen molar-refractivity contribution in [3.05, 3.63) is 64.5 Å². The van der Waals surface area contributed by atoms with Gasteiger partial charge in [-0.3, -0.25) is 4.79 Å². The molecule has 3 rings (SSSR count). The molecule has 0 atom stereocenters. The fraction of sp³-hybridized carbons (Fsp3) is 0.0625. The first-order valence-corrected chi connectivity index (χ1v) is 7.16. The Morgan fingerprint density at radius 2 is 2.05 bits per heavy atom. The summed E-state index contributed by atoms with van der Waals surface area (Å²) in [4.78, 5) is 12.3. The number of carbonyl (C=O) groups excluding carboxylic acids is 1. The molecular formula is C16H12BrFN2O. The van der Waals surface area contributed by atoms with Crippen molar-refractivity contribution in [2.24, 2.45) is 7.05 Å². The van der Waals surface area contributed by atoms with Crippen LogP contribution in [0.25, 0.3) is 10.9 Å². The van der Waals surface area contributed by atoms with Gasteiger partial charge in [-0.05, 0) is 36.4 Å². The topological polar surface area (TPSA) is 34.0 Å². The molecule has 0 saturated carbocycles. The van der Waals surface area contributed by atoms with Crippen LogP contribution in [0.3, 0.4) is 0 Å². The molecule has 21 heavy (non-hydrogen) atoms. The molecule has 2 aromatic carbocycles. The van der Waals surface area contributed by atoms with Crippen molar-refractivity contribution in [3.63, 3.8) is 0 Å². The average molecular weight is 347 g/mol. The van der Waals surface area contributed by atoms with E-state index in [9.17, 15) is 9.18 Å². The minimum atomic E-state index is -0.545. The van der Waals surface area contributed by atoms with Crippen molar-refractivity contribution in [1.29, 1.82) is 0 Å². The van der Waals surface area contributed by atoms with Crippen LogP contribution < -0.4 is 5.32 Å². The number of halogens is 2. The van der Waals surface area contributed by atoms with E-state index in [-0.39, 0.29) is 5.56 Å². The van der Waals surface area contributed by atoms with Crippen LogP contribution >= 0.6 is 15.9 Å². The molecular weight excluding hydrogens is 335 g/mol. The minimum absolute atomic E-state index is 0.0114. The monoisotopic (exact) mass is 346 g/mol. The van der Waals surface area contributed by atoms with Crippen molar-refractivity contribution in [1.82, 2.24) is 4.57 Å². The third-order valence-corrected chi connectivity index (χ3v) is 3.84. The summed E-state index contributed by atoms with van der Waals surface area (Å²) in [5.41, 5.74) is 1.68. The molecule has 0 aliphatic heterocycles. The zero-order valence-electron chi connectivity index (χ0n) is 11.2. The smallest absolute Gasteiger partial charge is 0.258 e. The molecule has 0 spiro atoms. The van der Waals surface area contributed by atoms with E-state index in [0.29, 0.717) is 10.2 Å². The third kappa shape index (κ3) is 2.56. The fourth-order valence-corrected chi connectivity index (χ4v) is 2.63. The number of carbonyl (C=O) groups is 1. The van der Waals surface area contributed by atoms with Gasteiger partial charge in [-0.25, -0.2) is 4.39 Å². The normalized spacial score (nSPS) is 10.8. The zero-order chi connectivity index (χ0) is 15.0. The lowest BCUT2D eigenvalue weighted by Crippen LogP contribution is -2.14. The summed E-state index contributed by atoms with van der Waals surface area (Å²) >= 11 is 3.24. The number of benzene rings is 2. The van der Waals surface area contributed by atoms with Crippen LogP contribution in [-0.2, 0) is 7.05 Å². The molecule has 1 heterocycles. The molecule has 3 nitrogen and oxygen atoms in total. The van der Waals surface area contributed by atoms with Gasteiger partial charge in [-0.2, -0.15) is 0 Å². The molecule has 1 N–H and O–H groups in total. The Hall–Kier alpha value is -2.14. The Morgan fingerprint density at radius 1 is 1.24 bits per heavy atom. The van der Waals surface area contributed by atoms with Crippen LogP contribution in [0.4, 0.5) is 10.1 Å². The second-order valence-electron chi connectivity index (χ2n) is 4.74. The van der Waals surface area contributed by atoms with Crippen LogP contribution in [0, 0.1) is 5.82 Å². The number of nitrogens with zero attached hydrogens (tertiary/aromatic N) is 1. The van der Waals surface area contributed by atoms with Gasteiger partial charge in [0.1, 0.15) is 5.82 Å². The van der Waals surface area contributed by atoms with Gasteiger partial charge >= 0.3 is 0 Å². The Kier molecular flexibility index (Phi) is 3.51. The Labute approximate surface area is 129 Å². The summed E-state index contributed by atoms with van der Waals surface area (Å²) in [5.74, 6) is -1.01. The average Bonchev–Trinajstić information content (AvgIpc) is 2.84. The molecule has 0 radical (unpaired) electrons. The highest BCUT2D eigenvalue weighted by molar-refractivity contribution is 9.10. The second-order valence-corrected chi connectivity index (χ2v) is 5.66. The Balaban J connectivity index is 1.98. The maximum atomic E-state index is 13.8. The van der Waals surface area contributed by atoms with Gasteiger partial charge in [-0.1, -0.05) is 22.0 Å². The summed E-state index contributed by atoms with van der Waals surface area (Å²) in [6.45, 7) is 0. The van der Waals surface area contributed by atoms with Crippen LogP contribution in [0.5, 0.6) is 0 Å². The van der Waals surface area contributed by atoms with Crippen LogP contribution in [0.15, 0.2) is 53.1 Å². The SMILES string of the molecule is Cn1ccc2c(NC(=O)c3cc(Br)ccc3F)cccc21. The van der Waals surface area contributed by atoms with Gasteiger partial charge in [-0.15, -0.1) is 0 Å². The quantitative estimate of drug-likeness (QED) is 0.736. The van der Waals surface area contributed by atoms with E-state index in [2.05, 4.69) is 21.2 Å². The molecule has 3 aromatic rings. The van der Waals surface area contributed by atoms with E-state index >= 15 is 0 Å². The summed E-state index contributed by atoms with van der Waals surface area (Å²) in [6.07, 6.45) is 1.92. The van der Waals surface area contributed by atoms with Crippen molar-refractivity contribution in [2.45, 2.75) is 0 Å². The maximum Gasteiger partial charge on any atom is 0.258 e. The number of fused-ring (bicyclic) bond motifs is 1. The van der Waals surface area contributed by atoms with E-state index < -0.39 is 11.7 Å². The highest BCUT2D eigenvalue weighted by Gasteiger charge is 2.14. The van der Waals surface area contributed by atoms with Crippen LogP contribution in [0.1, 0.15) is 10.4 Å². The van der Waals surface area contributed by atoms with Crippen molar-refractivity contribution < 1.29 is 9.18 Å². The molecule has 1 aromatic heterocycles. The molecule has 0 unspecified atom stereocenters. The first-order valence-electron chi connectivity index (χ1n) is 6.37. The van der Waals surface area contributed by atoms with E-state index in [1.165, 1.54) is 12.1 Å². The highest BCUT2D eigenvalue weighted by atomic mass is 79.9. The predicted molar refractivity (Wildman–Crippen MR) is 85.0 cm³/mol. The van der Waals surface area contributed by atoms with E-state index in [1.807, 2.05) is 36.0 Å². The highest BCUT2D eigenvalue weighted by Crippen LogP contribution is 2.25.